The molecule has 0 aliphatic heterocycles. The first-order valence-electron chi connectivity index (χ1n) is 5.38. The van der Waals surface area contributed by atoms with Crippen molar-refractivity contribution < 1.29 is 9.53 Å². The van der Waals surface area contributed by atoms with Gasteiger partial charge in [0, 0.05) is 13.0 Å². The maximum atomic E-state index is 11.6. The number of thiophene rings is 1. The summed E-state index contributed by atoms with van der Waals surface area (Å²) in [6, 6.07) is 0. The Balaban J connectivity index is 3.04. The van der Waals surface area contributed by atoms with Crippen LogP contribution >= 0.6 is 11.3 Å². The van der Waals surface area contributed by atoms with Gasteiger partial charge in [-0.2, -0.15) is 0 Å². The van der Waals surface area contributed by atoms with E-state index in [4.69, 9.17) is 10.5 Å². The molecule has 90 valence electrons. The van der Waals surface area contributed by atoms with E-state index in [1.165, 1.54) is 11.3 Å². The second kappa shape index (κ2) is 5.75. The minimum absolute atomic E-state index is 0.0605. The van der Waals surface area contributed by atoms with E-state index in [0.717, 1.165) is 18.0 Å². The summed E-state index contributed by atoms with van der Waals surface area (Å²) >= 11 is 1.37. The fourth-order valence-electron chi connectivity index (χ4n) is 1.35. The van der Waals surface area contributed by atoms with Gasteiger partial charge >= 0.3 is 0 Å². The summed E-state index contributed by atoms with van der Waals surface area (Å²) in [4.78, 5) is 12.2. The van der Waals surface area contributed by atoms with Gasteiger partial charge in [0.05, 0.1) is 17.7 Å². The second-order valence-electron chi connectivity index (χ2n) is 3.41. The van der Waals surface area contributed by atoms with E-state index >= 15 is 0 Å². The first-order chi connectivity index (χ1) is 7.65. The third kappa shape index (κ3) is 2.47. The van der Waals surface area contributed by atoms with Crippen molar-refractivity contribution >= 4 is 27.8 Å². The monoisotopic (exact) mass is 242 g/mol. The van der Waals surface area contributed by atoms with Crippen LogP contribution in [-0.4, -0.2) is 19.4 Å². The van der Waals surface area contributed by atoms with Crippen LogP contribution in [0.25, 0.3) is 0 Å². The topological polar surface area (TPSA) is 64.4 Å². The van der Waals surface area contributed by atoms with Crippen molar-refractivity contribution in [1.29, 1.82) is 0 Å². The van der Waals surface area contributed by atoms with Crippen LogP contribution in [0.4, 0.5) is 10.7 Å². The van der Waals surface area contributed by atoms with Crippen LogP contribution < -0.4 is 15.8 Å². The number of nitrogens with one attached hydrogen (secondary N) is 1. The standard InChI is InChI=1S/C11H18N2O2S/c1-4-6-13-11-9(15-3)8(12)10(16-11)7(14)5-2/h13H,4-6,12H2,1-3H3. The Morgan fingerprint density at radius 3 is 2.69 bits per heavy atom. The maximum absolute atomic E-state index is 11.6. The average Bonchev–Trinajstić information content (AvgIpc) is 2.62. The Labute approximate surface area is 99.8 Å². The van der Waals surface area contributed by atoms with Gasteiger partial charge in [0.1, 0.15) is 5.00 Å². The molecule has 0 aliphatic rings. The number of rotatable bonds is 6. The summed E-state index contributed by atoms with van der Waals surface area (Å²) < 4.78 is 5.22. The molecule has 0 bridgehead atoms. The molecular weight excluding hydrogens is 224 g/mol. The van der Waals surface area contributed by atoms with Gasteiger partial charge in [0.15, 0.2) is 11.5 Å². The van der Waals surface area contributed by atoms with E-state index in [-0.39, 0.29) is 5.78 Å². The Morgan fingerprint density at radius 1 is 1.50 bits per heavy atom. The predicted octanol–water partition coefficient (Wildman–Crippen LogP) is 2.75. The summed E-state index contributed by atoms with van der Waals surface area (Å²) in [5.74, 6) is 0.653. The number of carbonyl (C=O) groups excluding carboxylic acids is 1. The Hall–Kier alpha value is -1.23. The summed E-state index contributed by atoms with van der Waals surface area (Å²) in [6.07, 6.45) is 1.47. The minimum atomic E-state index is 0.0605. The molecule has 0 amide bonds. The van der Waals surface area contributed by atoms with Gasteiger partial charge in [-0.25, -0.2) is 0 Å². The molecule has 0 unspecified atom stereocenters. The number of ether oxygens (including phenoxy) is 1. The molecule has 4 nitrogen and oxygen atoms in total. The summed E-state index contributed by atoms with van der Waals surface area (Å²) in [7, 11) is 1.57. The molecule has 16 heavy (non-hydrogen) atoms. The number of nitrogens with two attached hydrogens (primary N) is 1. The Morgan fingerprint density at radius 2 is 2.19 bits per heavy atom. The zero-order valence-corrected chi connectivity index (χ0v) is 10.7. The lowest BCUT2D eigenvalue weighted by atomic mass is 10.2. The van der Waals surface area contributed by atoms with E-state index in [2.05, 4.69) is 12.2 Å². The molecule has 1 heterocycles. The number of anilines is 2. The van der Waals surface area contributed by atoms with Crippen molar-refractivity contribution in [3.63, 3.8) is 0 Å². The molecule has 0 saturated heterocycles. The van der Waals surface area contributed by atoms with Crippen LogP contribution in [-0.2, 0) is 0 Å². The van der Waals surface area contributed by atoms with E-state index in [9.17, 15) is 4.79 Å². The summed E-state index contributed by atoms with van der Waals surface area (Å²) in [6.45, 7) is 4.75. The first kappa shape index (κ1) is 12.8. The number of hydrogen-bond donors (Lipinski definition) is 2. The van der Waals surface area contributed by atoms with Crippen LogP contribution in [0.5, 0.6) is 5.75 Å². The lowest BCUT2D eigenvalue weighted by Crippen LogP contribution is -2.00. The zero-order chi connectivity index (χ0) is 12.1. The number of Topliss-reactive ketones (excluding diaryl/α,β-unsaturated/α-hetero) is 1. The largest absolute Gasteiger partial charge is 0.492 e. The fourth-order valence-corrected chi connectivity index (χ4v) is 2.48. The average molecular weight is 242 g/mol. The van der Waals surface area contributed by atoms with Crippen molar-refractivity contribution in [2.24, 2.45) is 0 Å². The van der Waals surface area contributed by atoms with Crippen LogP contribution in [0, 0.1) is 0 Å². The molecule has 0 spiro atoms. The quantitative estimate of drug-likeness (QED) is 0.753. The van der Waals surface area contributed by atoms with Gasteiger partial charge in [-0.1, -0.05) is 13.8 Å². The SMILES string of the molecule is CCCNc1sc(C(=O)CC)c(N)c1OC. The van der Waals surface area contributed by atoms with Gasteiger partial charge < -0.3 is 15.8 Å². The zero-order valence-electron chi connectivity index (χ0n) is 9.92. The molecule has 5 heteroatoms. The van der Waals surface area contributed by atoms with Gasteiger partial charge in [-0.15, -0.1) is 11.3 Å². The third-order valence-corrected chi connectivity index (χ3v) is 3.40. The molecule has 3 N–H and O–H groups in total. The van der Waals surface area contributed by atoms with E-state index < -0.39 is 0 Å². The van der Waals surface area contributed by atoms with E-state index in [1.807, 2.05) is 6.92 Å². The highest BCUT2D eigenvalue weighted by atomic mass is 32.1. The normalized spacial score (nSPS) is 10.2. The summed E-state index contributed by atoms with van der Waals surface area (Å²) in [5, 5.41) is 4.06. The lowest BCUT2D eigenvalue weighted by molar-refractivity contribution is 0.0992. The second-order valence-corrected chi connectivity index (χ2v) is 4.43. The molecule has 0 aliphatic carbocycles. The van der Waals surface area contributed by atoms with Crippen LogP contribution in [0.3, 0.4) is 0 Å². The van der Waals surface area contributed by atoms with Gasteiger partial charge in [-0.3, -0.25) is 4.79 Å². The lowest BCUT2D eigenvalue weighted by Gasteiger charge is -2.04. The minimum Gasteiger partial charge on any atom is -0.492 e. The molecule has 0 fully saturated rings. The number of nitrogen functional groups attached to an aromatic ring is 1. The highest BCUT2D eigenvalue weighted by Crippen LogP contribution is 2.42. The molecule has 1 aromatic heterocycles. The number of methoxy groups -OCH3 is 1. The van der Waals surface area contributed by atoms with Crippen LogP contribution in [0.15, 0.2) is 0 Å². The Kier molecular flexibility index (Phi) is 4.61. The Bertz CT molecular complexity index is 374. The van der Waals surface area contributed by atoms with E-state index in [0.29, 0.717) is 22.7 Å². The van der Waals surface area contributed by atoms with Crippen molar-refractivity contribution in [3.05, 3.63) is 4.88 Å². The maximum Gasteiger partial charge on any atom is 0.176 e. The number of carbonyl (C=O) groups is 1. The van der Waals surface area contributed by atoms with Crippen LogP contribution in [0.2, 0.25) is 0 Å². The van der Waals surface area contributed by atoms with Gasteiger partial charge in [0.2, 0.25) is 0 Å². The van der Waals surface area contributed by atoms with Crippen molar-refractivity contribution in [1.82, 2.24) is 0 Å². The molecule has 0 atom stereocenters. The van der Waals surface area contributed by atoms with Gasteiger partial charge in [-0.05, 0) is 6.42 Å². The molecule has 0 radical (unpaired) electrons. The fraction of sp³-hybridized carbons (Fsp3) is 0.545. The highest BCUT2D eigenvalue weighted by Gasteiger charge is 2.20. The molecule has 0 aromatic carbocycles. The van der Waals surface area contributed by atoms with Crippen molar-refractivity contribution in [2.75, 3.05) is 24.7 Å². The first-order valence-corrected chi connectivity index (χ1v) is 6.20. The van der Waals surface area contributed by atoms with Crippen molar-refractivity contribution in [3.8, 4) is 5.75 Å². The van der Waals surface area contributed by atoms with Crippen LogP contribution in [0.1, 0.15) is 36.4 Å². The molecule has 1 aromatic rings. The number of hydrogen-bond acceptors (Lipinski definition) is 5. The highest BCUT2D eigenvalue weighted by molar-refractivity contribution is 7.19. The predicted molar refractivity (Wildman–Crippen MR) is 68.7 cm³/mol. The number of ketones is 1. The van der Waals surface area contributed by atoms with Crippen molar-refractivity contribution in [2.45, 2.75) is 26.7 Å². The molecule has 1 rings (SSSR count). The molecule has 0 saturated carbocycles. The smallest absolute Gasteiger partial charge is 0.176 e. The van der Waals surface area contributed by atoms with Gasteiger partial charge in [0.25, 0.3) is 0 Å². The third-order valence-electron chi connectivity index (χ3n) is 2.21. The molecular formula is C11H18N2O2S. The summed E-state index contributed by atoms with van der Waals surface area (Å²) in [5.41, 5.74) is 6.34. The van der Waals surface area contributed by atoms with E-state index in [1.54, 1.807) is 7.11 Å².